The van der Waals surface area contributed by atoms with Crippen LogP contribution in [0.3, 0.4) is 0 Å². The SMILES string of the molecule is Oc1ccc2c(c1)OCC(c1ccccc1)C2(O)Cc1ccc(OCCN2CCCCC2)cc1. The highest BCUT2D eigenvalue weighted by Crippen LogP contribution is 2.48. The van der Waals surface area contributed by atoms with Gasteiger partial charge in [-0.05, 0) is 61.3 Å². The topological polar surface area (TPSA) is 62.2 Å². The predicted molar refractivity (Wildman–Crippen MR) is 133 cm³/mol. The number of nitrogens with zero attached hydrogens (tertiary/aromatic N) is 1. The van der Waals surface area contributed by atoms with Gasteiger partial charge in [0.2, 0.25) is 0 Å². The summed E-state index contributed by atoms with van der Waals surface area (Å²) in [6.07, 6.45) is 4.35. The minimum Gasteiger partial charge on any atom is -0.508 e. The first-order chi connectivity index (χ1) is 16.6. The highest BCUT2D eigenvalue weighted by Gasteiger charge is 2.45. The summed E-state index contributed by atoms with van der Waals surface area (Å²) in [6.45, 7) is 4.34. The molecule has 0 aliphatic carbocycles. The first-order valence-electron chi connectivity index (χ1n) is 12.3. The first kappa shape index (κ1) is 22.8. The van der Waals surface area contributed by atoms with Gasteiger partial charge < -0.3 is 19.7 Å². The number of benzene rings is 3. The maximum Gasteiger partial charge on any atom is 0.129 e. The fraction of sp³-hybridized carbons (Fsp3) is 0.379. The number of ether oxygens (including phenoxy) is 2. The Morgan fingerprint density at radius 3 is 2.47 bits per heavy atom. The van der Waals surface area contributed by atoms with Crippen LogP contribution in [0.5, 0.6) is 17.2 Å². The van der Waals surface area contributed by atoms with Crippen LogP contribution in [-0.2, 0) is 12.0 Å². The minimum atomic E-state index is -1.17. The number of hydrogen-bond acceptors (Lipinski definition) is 5. The number of rotatable bonds is 7. The number of likely N-dealkylation sites (tertiary alicyclic amines) is 1. The number of phenols is 1. The maximum absolute atomic E-state index is 12.1. The standard InChI is InChI=1S/C29H33NO4/c31-24-11-14-26-28(19-24)34-21-27(23-7-3-1-4-8-23)29(26,32)20-22-9-12-25(13-10-22)33-18-17-30-15-5-2-6-16-30/h1,3-4,7-14,19,27,31-32H,2,5-6,15-18,20-21H2. The van der Waals surface area contributed by atoms with Crippen LogP contribution < -0.4 is 9.47 Å². The highest BCUT2D eigenvalue weighted by molar-refractivity contribution is 5.48. The lowest BCUT2D eigenvalue weighted by atomic mass is 9.72. The predicted octanol–water partition coefficient (Wildman–Crippen LogP) is 4.86. The van der Waals surface area contributed by atoms with Crippen molar-refractivity contribution in [3.05, 3.63) is 89.5 Å². The Labute approximate surface area is 201 Å². The third kappa shape index (κ3) is 4.91. The van der Waals surface area contributed by atoms with Gasteiger partial charge >= 0.3 is 0 Å². The minimum absolute atomic E-state index is 0.130. The van der Waals surface area contributed by atoms with Crippen molar-refractivity contribution in [2.45, 2.75) is 37.2 Å². The number of aromatic hydroxyl groups is 1. The second-order valence-corrected chi connectivity index (χ2v) is 9.45. The third-order valence-electron chi connectivity index (χ3n) is 7.14. The molecule has 2 aliphatic rings. The van der Waals surface area contributed by atoms with E-state index in [4.69, 9.17) is 9.47 Å². The fourth-order valence-corrected chi connectivity index (χ4v) is 5.25. The van der Waals surface area contributed by atoms with Crippen LogP contribution in [0.25, 0.3) is 0 Å². The number of phenolic OH excluding ortho intramolecular Hbond substituents is 1. The van der Waals surface area contributed by atoms with Crippen LogP contribution in [0.4, 0.5) is 0 Å². The zero-order chi connectivity index (χ0) is 23.4. The summed E-state index contributed by atoms with van der Waals surface area (Å²) >= 11 is 0. The molecule has 0 saturated carbocycles. The molecule has 34 heavy (non-hydrogen) atoms. The molecule has 0 spiro atoms. The molecule has 0 radical (unpaired) electrons. The number of aliphatic hydroxyl groups is 1. The second kappa shape index (κ2) is 10.1. The summed E-state index contributed by atoms with van der Waals surface area (Å²) in [5.41, 5.74) is 1.58. The van der Waals surface area contributed by atoms with E-state index in [1.165, 1.54) is 32.4 Å². The van der Waals surface area contributed by atoms with Crippen LogP contribution in [0, 0.1) is 0 Å². The maximum atomic E-state index is 12.1. The van der Waals surface area contributed by atoms with Crippen molar-refractivity contribution in [3.63, 3.8) is 0 Å². The second-order valence-electron chi connectivity index (χ2n) is 9.45. The molecule has 2 N–H and O–H groups in total. The van der Waals surface area contributed by atoms with E-state index in [1.807, 2.05) is 54.6 Å². The van der Waals surface area contributed by atoms with Gasteiger partial charge in [-0.3, -0.25) is 4.90 Å². The summed E-state index contributed by atoms with van der Waals surface area (Å²) in [5, 5.41) is 22.1. The zero-order valence-corrected chi connectivity index (χ0v) is 19.5. The quantitative estimate of drug-likeness (QED) is 0.528. The molecular formula is C29H33NO4. The lowest BCUT2D eigenvalue weighted by molar-refractivity contribution is -0.0256. The van der Waals surface area contributed by atoms with E-state index in [0.29, 0.717) is 30.9 Å². The molecular weight excluding hydrogens is 426 g/mol. The van der Waals surface area contributed by atoms with Gasteiger partial charge in [-0.25, -0.2) is 0 Å². The van der Waals surface area contributed by atoms with Crippen LogP contribution >= 0.6 is 0 Å². The summed E-state index contributed by atoms with van der Waals surface area (Å²) in [5.74, 6) is 1.29. The Bertz CT molecular complexity index is 1080. The first-order valence-corrected chi connectivity index (χ1v) is 12.3. The average Bonchev–Trinajstić information content (AvgIpc) is 2.86. The van der Waals surface area contributed by atoms with Gasteiger partial charge in [0.25, 0.3) is 0 Å². The molecule has 5 heteroatoms. The molecule has 2 unspecified atom stereocenters. The molecule has 0 bridgehead atoms. The van der Waals surface area contributed by atoms with Gasteiger partial charge in [-0.2, -0.15) is 0 Å². The van der Waals surface area contributed by atoms with Crippen LogP contribution in [0.15, 0.2) is 72.8 Å². The molecule has 0 amide bonds. The molecule has 3 aromatic rings. The summed E-state index contributed by atoms with van der Waals surface area (Å²) in [7, 11) is 0. The van der Waals surface area contributed by atoms with Crippen molar-refractivity contribution in [3.8, 4) is 17.2 Å². The summed E-state index contributed by atoms with van der Waals surface area (Å²) in [4.78, 5) is 2.47. The molecule has 178 valence electrons. The van der Waals surface area contributed by atoms with Crippen molar-refractivity contribution in [1.82, 2.24) is 4.90 Å². The van der Waals surface area contributed by atoms with Gasteiger partial charge in [0.1, 0.15) is 29.5 Å². The van der Waals surface area contributed by atoms with Crippen molar-refractivity contribution in [2.75, 3.05) is 32.8 Å². The van der Waals surface area contributed by atoms with E-state index < -0.39 is 5.60 Å². The van der Waals surface area contributed by atoms with Crippen LogP contribution in [-0.4, -0.2) is 48.0 Å². The average molecular weight is 460 g/mol. The Morgan fingerprint density at radius 2 is 1.71 bits per heavy atom. The van der Waals surface area contributed by atoms with E-state index in [-0.39, 0.29) is 11.7 Å². The molecule has 5 rings (SSSR count). The number of piperidine rings is 1. The molecule has 2 heterocycles. The number of fused-ring (bicyclic) bond motifs is 1. The van der Waals surface area contributed by atoms with Crippen molar-refractivity contribution in [1.29, 1.82) is 0 Å². The monoisotopic (exact) mass is 459 g/mol. The smallest absolute Gasteiger partial charge is 0.129 e. The zero-order valence-electron chi connectivity index (χ0n) is 19.5. The Kier molecular flexibility index (Phi) is 6.75. The molecule has 2 atom stereocenters. The van der Waals surface area contributed by atoms with E-state index >= 15 is 0 Å². The Morgan fingerprint density at radius 1 is 0.941 bits per heavy atom. The van der Waals surface area contributed by atoms with E-state index in [9.17, 15) is 10.2 Å². The van der Waals surface area contributed by atoms with E-state index in [1.54, 1.807) is 18.2 Å². The largest absolute Gasteiger partial charge is 0.508 e. The van der Waals surface area contributed by atoms with Gasteiger partial charge in [-0.15, -0.1) is 0 Å². The molecule has 5 nitrogen and oxygen atoms in total. The summed E-state index contributed by atoms with van der Waals surface area (Å²) in [6, 6.07) is 23.0. The molecule has 1 fully saturated rings. The van der Waals surface area contributed by atoms with Crippen molar-refractivity contribution >= 4 is 0 Å². The Balaban J connectivity index is 1.33. The molecule has 0 aromatic heterocycles. The molecule has 3 aromatic carbocycles. The normalized spacial score (nSPS) is 22.6. The van der Waals surface area contributed by atoms with Crippen molar-refractivity contribution < 1.29 is 19.7 Å². The number of hydrogen-bond donors (Lipinski definition) is 2. The van der Waals surface area contributed by atoms with Gasteiger partial charge in [-0.1, -0.05) is 48.9 Å². The van der Waals surface area contributed by atoms with Gasteiger partial charge in [0.05, 0.1) is 12.5 Å². The lowest BCUT2D eigenvalue weighted by Gasteiger charge is -2.41. The van der Waals surface area contributed by atoms with Crippen LogP contribution in [0.2, 0.25) is 0 Å². The van der Waals surface area contributed by atoms with Crippen LogP contribution in [0.1, 0.15) is 41.9 Å². The fourth-order valence-electron chi connectivity index (χ4n) is 5.25. The molecule has 1 saturated heterocycles. The highest BCUT2D eigenvalue weighted by atomic mass is 16.5. The van der Waals surface area contributed by atoms with E-state index in [2.05, 4.69) is 4.90 Å². The summed E-state index contributed by atoms with van der Waals surface area (Å²) < 4.78 is 12.0. The molecule has 2 aliphatic heterocycles. The van der Waals surface area contributed by atoms with Gasteiger partial charge in [0.15, 0.2) is 0 Å². The Hall–Kier alpha value is -3.02. The van der Waals surface area contributed by atoms with Crippen molar-refractivity contribution in [2.24, 2.45) is 0 Å². The third-order valence-corrected chi connectivity index (χ3v) is 7.14. The van der Waals surface area contributed by atoms with E-state index in [0.717, 1.165) is 23.4 Å². The van der Waals surface area contributed by atoms with Gasteiger partial charge in [0, 0.05) is 24.6 Å². The lowest BCUT2D eigenvalue weighted by Crippen LogP contribution is -2.42.